The van der Waals surface area contributed by atoms with E-state index in [9.17, 15) is 0 Å². The van der Waals surface area contributed by atoms with E-state index in [0.717, 1.165) is 13.0 Å². The van der Waals surface area contributed by atoms with Gasteiger partial charge in [-0.15, -0.1) is 11.8 Å². The van der Waals surface area contributed by atoms with Crippen molar-refractivity contribution in [1.29, 1.82) is 0 Å². The minimum absolute atomic E-state index is 0.663. The highest BCUT2D eigenvalue weighted by Gasteiger charge is 2.08. The summed E-state index contributed by atoms with van der Waals surface area (Å²) in [5.74, 6) is 0. The van der Waals surface area contributed by atoms with Crippen molar-refractivity contribution in [2.45, 2.75) is 43.8 Å². The van der Waals surface area contributed by atoms with Crippen LogP contribution in [0.1, 0.15) is 30.9 Å². The summed E-state index contributed by atoms with van der Waals surface area (Å²) < 4.78 is 0. The van der Waals surface area contributed by atoms with Gasteiger partial charge in [-0.2, -0.15) is 0 Å². The van der Waals surface area contributed by atoms with E-state index in [-0.39, 0.29) is 0 Å². The van der Waals surface area contributed by atoms with E-state index in [0.29, 0.717) is 5.25 Å². The number of aryl methyl sites for hydroxylation is 2. The van der Waals surface area contributed by atoms with Crippen LogP contribution in [0.4, 0.5) is 0 Å². The van der Waals surface area contributed by atoms with Gasteiger partial charge in [-0.3, -0.25) is 0 Å². The van der Waals surface area contributed by atoms with E-state index in [1.807, 2.05) is 11.8 Å². The van der Waals surface area contributed by atoms with Crippen molar-refractivity contribution in [2.24, 2.45) is 5.73 Å². The van der Waals surface area contributed by atoms with E-state index in [1.54, 1.807) is 0 Å². The normalized spacial score (nSPS) is 12.8. The Kier molecular flexibility index (Phi) is 5.20. The first kappa shape index (κ1) is 12.6. The Balaban J connectivity index is 2.70. The van der Waals surface area contributed by atoms with Crippen LogP contribution < -0.4 is 5.73 Å². The molecule has 2 heteroatoms. The van der Waals surface area contributed by atoms with Gasteiger partial charge in [-0.05, 0) is 44.9 Å². The van der Waals surface area contributed by atoms with Crippen LogP contribution in [0.25, 0.3) is 0 Å². The van der Waals surface area contributed by atoms with Gasteiger partial charge in [0.25, 0.3) is 0 Å². The lowest BCUT2D eigenvalue weighted by atomic mass is 10.2. The summed E-state index contributed by atoms with van der Waals surface area (Å²) in [6, 6.07) is 6.66. The van der Waals surface area contributed by atoms with Gasteiger partial charge in [0.05, 0.1) is 0 Å². The Bertz CT molecular complexity index is 309. The second-order valence-electron chi connectivity index (χ2n) is 3.99. The maximum atomic E-state index is 5.61. The van der Waals surface area contributed by atoms with Crippen molar-refractivity contribution in [3.63, 3.8) is 0 Å². The van der Waals surface area contributed by atoms with Crippen molar-refractivity contribution in [1.82, 2.24) is 0 Å². The lowest BCUT2D eigenvalue weighted by Gasteiger charge is -2.15. The number of thioether (sulfide) groups is 1. The van der Waals surface area contributed by atoms with Crippen LogP contribution in [-0.2, 0) is 0 Å². The van der Waals surface area contributed by atoms with Crippen LogP contribution in [0.3, 0.4) is 0 Å². The Morgan fingerprint density at radius 1 is 1.33 bits per heavy atom. The molecular weight excluding hydrogens is 202 g/mol. The number of hydrogen-bond acceptors (Lipinski definition) is 2. The van der Waals surface area contributed by atoms with Crippen LogP contribution in [-0.4, -0.2) is 11.8 Å². The molecule has 1 nitrogen and oxygen atoms in total. The maximum absolute atomic E-state index is 5.61. The molecular formula is C13H21NS. The highest BCUT2D eigenvalue weighted by Crippen LogP contribution is 2.30. The van der Waals surface area contributed by atoms with Gasteiger partial charge in [-0.1, -0.05) is 24.6 Å². The molecule has 0 aliphatic carbocycles. The zero-order valence-corrected chi connectivity index (χ0v) is 10.7. The summed E-state index contributed by atoms with van der Waals surface area (Å²) in [5.41, 5.74) is 8.33. The third kappa shape index (κ3) is 3.88. The maximum Gasteiger partial charge on any atom is 0.0104 e. The molecule has 1 atom stereocenters. The molecule has 0 spiro atoms. The summed E-state index contributed by atoms with van der Waals surface area (Å²) in [6.45, 7) is 7.34. The molecule has 0 aromatic heterocycles. The molecule has 0 saturated heterocycles. The van der Waals surface area contributed by atoms with E-state index in [2.05, 4.69) is 39.0 Å². The average molecular weight is 223 g/mol. The minimum Gasteiger partial charge on any atom is -0.330 e. The summed E-state index contributed by atoms with van der Waals surface area (Å²) in [7, 11) is 0. The molecule has 15 heavy (non-hydrogen) atoms. The number of nitrogens with two attached hydrogens (primary N) is 1. The predicted molar refractivity (Wildman–Crippen MR) is 69.5 cm³/mol. The molecule has 0 amide bonds. The molecule has 1 unspecified atom stereocenters. The summed E-state index contributed by atoms with van der Waals surface area (Å²) in [4.78, 5) is 1.40. The van der Waals surface area contributed by atoms with Crippen LogP contribution >= 0.6 is 11.8 Å². The summed E-state index contributed by atoms with van der Waals surface area (Å²) >= 11 is 1.97. The SMILES string of the molecule is CCC(CCN)Sc1ccc(C)cc1C. The third-order valence-corrected chi connectivity index (χ3v) is 4.18. The molecule has 1 aromatic rings. The number of hydrogen-bond donors (Lipinski definition) is 1. The molecule has 1 rings (SSSR count). The first-order valence-corrected chi connectivity index (χ1v) is 6.49. The van der Waals surface area contributed by atoms with Crippen molar-refractivity contribution in [3.05, 3.63) is 29.3 Å². The van der Waals surface area contributed by atoms with E-state index in [4.69, 9.17) is 5.73 Å². The van der Waals surface area contributed by atoms with Crippen molar-refractivity contribution < 1.29 is 0 Å². The molecule has 0 saturated carbocycles. The molecule has 0 radical (unpaired) electrons. The molecule has 1 aromatic carbocycles. The van der Waals surface area contributed by atoms with Gasteiger partial charge in [0, 0.05) is 10.1 Å². The van der Waals surface area contributed by atoms with Crippen molar-refractivity contribution >= 4 is 11.8 Å². The predicted octanol–water partition coefficient (Wildman–Crippen LogP) is 3.52. The van der Waals surface area contributed by atoms with Gasteiger partial charge in [-0.25, -0.2) is 0 Å². The quantitative estimate of drug-likeness (QED) is 0.773. The fraction of sp³-hybridized carbons (Fsp3) is 0.538. The largest absolute Gasteiger partial charge is 0.330 e. The number of benzene rings is 1. The molecule has 0 heterocycles. The van der Waals surface area contributed by atoms with Crippen LogP contribution in [0.15, 0.2) is 23.1 Å². The smallest absolute Gasteiger partial charge is 0.0104 e. The lowest BCUT2D eigenvalue weighted by Crippen LogP contribution is -2.09. The van der Waals surface area contributed by atoms with E-state index >= 15 is 0 Å². The zero-order chi connectivity index (χ0) is 11.3. The highest BCUT2D eigenvalue weighted by atomic mass is 32.2. The van der Waals surface area contributed by atoms with Gasteiger partial charge in [0.1, 0.15) is 0 Å². The Hall–Kier alpha value is -0.470. The summed E-state index contributed by atoms with van der Waals surface area (Å²) in [5, 5.41) is 0.663. The van der Waals surface area contributed by atoms with Crippen molar-refractivity contribution in [3.8, 4) is 0 Å². The van der Waals surface area contributed by atoms with E-state index in [1.165, 1.54) is 22.4 Å². The van der Waals surface area contributed by atoms with Crippen LogP contribution in [0.5, 0.6) is 0 Å². The second kappa shape index (κ2) is 6.19. The minimum atomic E-state index is 0.663. The molecule has 0 fully saturated rings. The fourth-order valence-corrected chi connectivity index (χ4v) is 2.81. The topological polar surface area (TPSA) is 26.0 Å². The second-order valence-corrected chi connectivity index (χ2v) is 5.34. The molecule has 0 aliphatic rings. The molecule has 0 bridgehead atoms. The summed E-state index contributed by atoms with van der Waals surface area (Å²) in [6.07, 6.45) is 2.30. The Morgan fingerprint density at radius 2 is 2.07 bits per heavy atom. The Morgan fingerprint density at radius 3 is 2.60 bits per heavy atom. The Labute approximate surface area is 97.4 Å². The average Bonchev–Trinajstić information content (AvgIpc) is 2.21. The van der Waals surface area contributed by atoms with Gasteiger partial charge < -0.3 is 5.73 Å². The van der Waals surface area contributed by atoms with Crippen LogP contribution in [0.2, 0.25) is 0 Å². The van der Waals surface area contributed by atoms with Gasteiger partial charge in [0.2, 0.25) is 0 Å². The third-order valence-electron chi connectivity index (χ3n) is 2.57. The molecule has 0 aliphatic heterocycles. The molecule has 84 valence electrons. The fourth-order valence-electron chi connectivity index (χ4n) is 1.64. The van der Waals surface area contributed by atoms with Gasteiger partial charge >= 0.3 is 0 Å². The van der Waals surface area contributed by atoms with Gasteiger partial charge in [0.15, 0.2) is 0 Å². The highest BCUT2D eigenvalue weighted by molar-refractivity contribution is 8.00. The monoisotopic (exact) mass is 223 g/mol. The van der Waals surface area contributed by atoms with E-state index < -0.39 is 0 Å². The lowest BCUT2D eigenvalue weighted by molar-refractivity contribution is 0.745. The standard InChI is InChI=1S/C13H21NS/c1-4-12(7-8-14)15-13-6-5-10(2)9-11(13)3/h5-6,9,12H,4,7-8,14H2,1-3H3. The zero-order valence-electron chi connectivity index (χ0n) is 9.92. The first-order chi connectivity index (χ1) is 7.17. The first-order valence-electron chi connectivity index (χ1n) is 5.61. The number of rotatable bonds is 5. The van der Waals surface area contributed by atoms with Crippen LogP contribution in [0, 0.1) is 13.8 Å². The van der Waals surface area contributed by atoms with Crippen molar-refractivity contribution in [2.75, 3.05) is 6.54 Å². The molecule has 2 N–H and O–H groups in total.